The van der Waals surface area contributed by atoms with Crippen molar-refractivity contribution in [2.45, 2.75) is 12.2 Å². The van der Waals surface area contributed by atoms with Crippen molar-refractivity contribution >= 4 is 46.4 Å². The van der Waals surface area contributed by atoms with Crippen LogP contribution < -0.4 is 5.32 Å². The molecule has 1 aliphatic rings. The van der Waals surface area contributed by atoms with Crippen molar-refractivity contribution in [3.8, 4) is 5.75 Å². The molecule has 0 aliphatic carbocycles. The van der Waals surface area contributed by atoms with Crippen LogP contribution in [0.15, 0.2) is 16.6 Å². The Bertz CT molecular complexity index is 587. The van der Waals surface area contributed by atoms with Crippen molar-refractivity contribution < 1.29 is 23.2 Å². The molecule has 0 spiro atoms. The number of nitrogens with zero attached hydrogens (tertiary/aromatic N) is 2. The first-order valence-corrected chi connectivity index (χ1v) is 7.19. The number of nitrogens with one attached hydrogen (secondary N) is 1. The van der Waals surface area contributed by atoms with Crippen LogP contribution in [0.4, 0.5) is 18.9 Å². The average Bonchev–Trinajstić information content (AvgIpc) is 2.42. The second kappa shape index (κ2) is 9.04. The summed E-state index contributed by atoms with van der Waals surface area (Å²) in [5.41, 5.74) is -1.27. The summed E-state index contributed by atoms with van der Waals surface area (Å²) in [5, 5.41) is 23.8. The number of halogens is 6. The zero-order valence-corrected chi connectivity index (χ0v) is 15.3. The Hall–Kier alpha value is -0.810. The van der Waals surface area contributed by atoms with E-state index in [1.54, 1.807) is 0 Å². The summed E-state index contributed by atoms with van der Waals surface area (Å²) < 4.78 is 40.5. The maximum atomic E-state index is 13.5. The first kappa shape index (κ1) is 23.2. The molecule has 0 bridgehead atoms. The van der Waals surface area contributed by atoms with E-state index in [4.69, 9.17) is 0 Å². The molecule has 24 heavy (non-hydrogen) atoms. The molecule has 0 aromatic heterocycles. The minimum Gasteiger partial charge on any atom is -0.502 e. The van der Waals surface area contributed by atoms with Crippen LogP contribution in [0.5, 0.6) is 5.75 Å². The summed E-state index contributed by atoms with van der Waals surface area (Å²) >= 11 is 2.96. The monoisotopic (exact) mass is 455 g/mol. The minimum atomic E-state index is -4.66. The van der Waals surface area contributed by atoms with Crippen LogP contribution >= 0.6 is 40.7 Å². The predicted octanol–water partition coefficient (Wildman–Crippen LogP) is 3.42. The molecule has 6 nitrogen and oxygen atoms in total. The number of benzene rings is 1. The second-order valence-corrected chi connectivity index (χ2v) is 5.77. The third kappa shape index (κ3) is 5.09. The number of alkyl halides is 3. The molecule has 1 aromatic carbocycles. The van der Waals surface area contributed by atoms with E-state index in [2.05, 4.69) is 21.2 Å². The van der Waals surface area contributed by atoms with Gasteiger partial charge in [0.2, 0.25) is 0 Å². The smallest absolute Gasteiger partial charge is 0.408 e. The molecule has 2 rings (SSSR count). The minimum absolute atomic E-state index is 0. The lowest BCUT2D eigenvalue weighted by atomic mass is 10.0. The summed E-state index contributed by atoms with van der Waals surface area (Å²) in [6.07, 6.45) is -4.66. The highest BCUT2D eigenvalue weighted by molar-refractivity contribution is 9.10. The van der Waals surface area contributed by atoms with E-state index >= 15 is 0 Å². The Morgan fingerprint density at radius 2 is 1.83 bits per heavy atom. The zero-order valence-electron chi connectivity index (χ0n) is 12.0. The Morgan fingerprint density at radius 1 is 1.29 bits per heavy atom. The maximum Gasteiger partial charge on any atom is 0.408 e. The number of phenolic OH excluding ortho intramolecular Hbond substituents is 1. The number of nitro benzene ring substituents is 1. The lowest BCUT2D eigenvalue weighted by molar-refractivity contribution is -0.386. The van der Waals surface area contributed by atoms with E-state index in [0.717, 1.165) is 17.0 Å². The molecular formula is C12H15BrCl2F3N3O3. The highest BCUT2D eigenvalue weighted by atomic mass is 79.9. The molecule has 1 saturated heterocycles. The van der Waals surface area contributed by atoms with Gasteiger partial charge in [-0.2, -0.15) is 13.2 Å². The van der Waals surface area contributed by atoms with Gasteiger partial charge in [0.15, 0.2) is 5.75 Å². The van der Waals surface area contributed by atoms with E-state index in [9.17, 15) is 28.4 Å². The standard InChI is InChI=1S/C12H13BrF3N3O3.2ClH/c13-7-5-8(10(20)9(6-7)19(21)22)11(12(14,15)16)18-3-1-17-2-4-18;;/h5-6,11,17,20H,1-4H2;2*1H/t11-;;/m1../s1. The van der Waals surface area contributed by atoms with Crippen molar-refractivity contribution in [1.29, 1.82) is 0 Å². The van der Waals surface area contributed by atoms with Crippen molar-refractivity contribution in [1.82, 2.24) is 10.2 Å². The highest BCUT2D eigenvalue weighted by Gasteiger charge is 2.47. The Kier molecular flexibility index (Phi) is 8.74. The number of phenols is 1. The van der Waals surface area contributed by atoms with Crippen LogP contribution in [0.1, 0.15) is 11.6 Å². The lowest BCUT2D eigenvalue weighted by Crippen LogP contribution is -2.49. The van der Waals surface area contributed by atoms with Gasteiger partial charge in [0.05, 0.1) is 4.92 Å². The molecule has 1 aromatic rings. The number of aromatic hydroxyl groups is 1. The Balaban J connectivity index is 0.00000264. The number of piperazine rings is 1. The second-order valence-electron chi connectivity index (χ2n) is 4.85. The topological polar surface area (TPSA) is 78.6 Å². The van der Waals surface area contributed by atoms with Crippen LogP contribution in [0.2, 0.25) is 0 Å². The van der Waals surface area contributed by atoms with Crippen molar-refractivity contribution in [3.63, 3.8) is 0 Å². The molecule has 0 saturated carbocycles. The van der Waals surface area contributed by atoms with Crippen LogP contribution in [-0.4, -0.2) is 47.3 Å². The third-order valence-electron chi connectivity index (χ3n) is 3.40. The molecule has 1 fully saturated rings. The Morgan fingerprint density at radius 3 is 2.29 bits per heavy atom. The summed E-state index contributed by atoms with van der Waals surface area (Å²) in [7, 11) is 0. The normalized spacial score (nSPS) is 16.7. The van der Waals surface area contributed by atoms with Gasteiger partial charge in [0.25, 0.3) is 0 Å². The van der Waals surface area contributed by atoms with Gasteiger partial charge < -0.3 is 10.4 Å². The molecule has 2 N–H and O–H groups in total. The quantitative estimate of drug-likeness (QED) is 0.538. The zero-order chi connectivity index (χ0) is 16.5. The van der Waals surface area contributed by atoms with Crippen LogP contribution in [0, 0.1) is 10.1 Å². The van der Waals surface area contributed by atoms with E-state index in [-0.39, 0.29) is 42.4 Å². The van der Waals surface area contributed by atoms with E-state index in [1.807, 2.05) is 0 Å². The number of rotatable bonds is 3. The largest absolute Gasteiger partial charge is 0.502 e. The molecule has 138 valence electrons. The van der Waals surface area contributed by atoms with Gasteiger partial charge in [-0.15, -0.1) is 24.8 Å². The van der Waals surface area contributed by atoms with Crippen LogP contribution in [-0.2, 0) is 0 Å². The number of hydrogen-bond acceptors (Lipinski definition) is 5. The SMILES string of the molecule is Cl.Cl.O=[N+]([O-])c1cc(Br)cc([C@@H](N2CCNCC2)C(F)(F)F)c1O. The molecular weight excluding hydrogens is 442 g/mol. The van der Waals surface area contributed by atoms with Gasteiger partial charge >= 0.3 is 11.9 Å². The van der Waals surface area contributed by atoms with E-state index in [1.165, 1.54) is 0 Å². The fourth-order valence-electron chi connectivity index (χ4n) is 2.47. The molecule has 0 radical (unpaired) electrons. The first-order valence-electron chi connectivity index (χ1n) is 6.40. The molecule has 1 aliphatic heterocycles. The molecule has 1 heterocycles. The number of nitro groups is 1. The summed E-state index contributed by atoms with van der Waals surface area (Å²) in [4.78, 5) is 11.1. The van der Waals surface area contributed by atoms with Crippen LogP contribution in [0.25, 0.3) is 0 Å². The fourth-order valence-corrected chi connectivity index (χ4v) is 2.94. The molecule has 12 heteroatoms. The predicted molar refractivity (Wildman–Crippen MR) is 90.2 cm³/mol. The van der Waals surface area contributed by atoms with Gasteiger partial charge in [-0.1, -0.05) is 15.9 Å². The van der Waals surface area contributed by atoms with E-state index < -0.39 is 34.1 Å². The van der Waals surface area contributed by atoms with Crippen molar-refractivity contribution in [2.75, 3.05) is 26.2 Å². The average molecular weight is 457 g/mol. The van der Waals surface area contributed by atoms with Crippen molar-refractivity contribution in [2.24, 2.45) is 0 Å². The van der Waals surface area contributed by atoms with Gasteiger partial charge in [0.1, 0.15) is 6.04 Å². The lowest BCUT2D eigenvalue weighted by Gasteiger charge is -2.36. The summed E-state index contributed by atoms with van der Waals surface area (Å²) in [5.74, 6) is -0.950. The third-order valence-corrected chi connectivity index (χ3v) is 3.86. The van der Waals surface area contributed by atoms with Gasteiger partial charge in [-0.25, -0.2) is 0 Å². The molecule has 0 unspecified atom stereocenters. The van der Waals surface area contributed by atoms with Gasteiger partial charge in [0, 0.05) is 42.3 Å². The summed E-state index contributed by atoms with van der Waals surface area (Å²) in [6, 6.07) is -0.0437. The maximum absolute atomic E-state index is 13.5. The fraction of sp³-hybridized carbons (Fsp3) is 0.500. The molecule has 0 amide bonds. The Labute approximate surface area is 156 Å². The van der Waals surface area contributed by atoms with Crippen molar-refractivity contribution in [3.05, 3.63) is 32.3 Å². The highest BCUT2D eigenvalue weighted by Crippen LogP contribution is 2.45. The first-order chi connectivity index (χ1) is 10.2. The van der Waals surface area contributed by atoms with Gasteiger partial charge in [-0.05, 0) is 6.07 Å². The van der Waals surface area contributed by atoms with E-state index in [0.29, 0.717) is 13.1 Å². The summed E-state index contributed by atoms with van der Waals surface area (Å²) in [6.45, 7) is 1.01. The van der Waals surface area contributed by atoms with Gasteiger partial charge in [-0.3, -0.25) is 15.0 Å². The number of hydrogen-bond donors (Lipinski definition) is 2. The molecule has 1 atom stereocenters. The van der Waals surface area contributed by atoms with Crippen LogP contribution in [0.3, 0.4) is 0 Å².